The quantitative estimate of drug-likeness (QED) is 0.365. The second kappa shape index (κ2) is 2.90. The average molecular weight is 127 g/mol. The summed E-state index contributed by atoms with van der Waals surface area (Å²) in [4.78, 5) is 1.78. The molecule has 0 amide bonds. The molecule has 0 aromatic rings. The second-order valence-electron chi connectivity index (χ2n) is 2.31. The molecule has 0 aliphatic carbocycles. The van der Waals surface area contributed by atoms with E-state index in [1.54, 1.807) is 12.7 Å². The first-order valence-corrected chi connectivity index (χ1v) is 3.41. The van der Waals surface area contributed by atoms with E-state index in [9.17, 15) is 4.39 Å². The lowest BCUT2D eigenvalue weighted by molar-refractivity contribution is 0.324. The molecule has 0 spiro atoms. The first-order chi connectivity index (χ1) is 4.34. The van der Waals surface area contributed by atoms with E-state index < -0.39 is 0 Å². The van der Waals surface area contributed by atoms with Gasteiger partial charge in [-0.3, -0.25) is 0 Å². The molecule has 3 heteroatoms. The summed E-state index contributed by atoms with van der Waals surface area (Å²) in [6.45, 7) is 1.80. The highest BCUT2D eigenvalue weighted by atomic mass is 19.1. The zero-order valence-electron chi connectivity index (χ0n) is 5.73. The summed E-state index contributed by atoms with van der Waals surface area (Å²) in [5, 5.41) is 0. The van der Waals surface area contributed by atoms with Crippen LogP contribution < -0.4 is 0 Å². The molecule has 0 aromatic carbocycles. The number of likely N-dealkylation sites (tertiary alicyclic amines) is 1. The third-order valence-corrected chi connectivity index (χ3v) is 1.65. The summed E-state index contributed by atoms with van der Waals surface area (Å²) in [7, 11) is 1.73. The Kier molecular flexibility index (Phi) is 2.14. The monoisotopic (exact) mass is 127 g/mol. The van der Waals surface area contributed by atoms with E-state index in [0.717, 1.165) is 25.9 Å². The highest BCUT2D eigenvalue weighted by Gasteiger charge is 2.12. The van der Waals surface area contributed by atoms with Crippen molar-refractivity contribution < 1.29 is 4.39 Å². The van der Waals surface area contributed by atoms with Crippen LogP contribution in [-0.4, -0.2) is 25.8 Å². The molecule has 0 radical (unpaired) electrons. The van der Waals surface area contributed by atoms with Crippen LogP contribution in [0.4, 0.5) is 4.39 Å². The molecule has 0 bridgehead atoms. The molecule has 1 heterocycles. The zero-order chi connectivity index (χ0) is 6.69. The van der Waals surface area contributed by atoms with Crippen molar-refractivity contribution in [1.29, 1.82) is 0 Å². The van der Waals surface area contributed by atoms with E-state index in [2.05, 4.69) is 0 Å². The minimum atomic E-state index is -0.0625. The Morgan fingerprint density at radius 1 is 1.44 bits per heavy atom. The van der Waals surface area contributed by atoms with E-state index in [1.165, 1.54) is 5.98 Å². The third kappa shape index (κ3) is 1.47. The molecular weight excluding hydrogens is 116 g/mol. The SMILES string of the molecule is B/C=C(\F)N1CCCC1. The van der Waals surface area contributed by atoms with Gasteiger partial charge in [0.05, 0.1) is 0 Å². The molecule has 1 rings (SSSR count). The van der Waals surface area contributed by atoms with Crippen LogP contribution in [0.3, 0.4) is 0 Å². The largest absolute Gasteiger partial charge is 0.350 e. The Morgan fingerprint density at radius 2 is 2.00 bits per heavy atom. The van der Waals surface area contributed by atoms with Crippen molar-refractivity contribution >= 4 is 7.85 Å². The van der Waals surface area contributed by atoms with Crippen molar-refractivity contribution in [1.82, 2.24) is 4.90 Å². The van der Waals surface area contributed by atoms with Crippen molar-refractivity contribution in [3.05, 3.63) is 11.9 Å². The van der Waals surface area contributed by atoms with Gasteiger partial charge in [-0.25, -0.2) is 0 Å². The van der Waals surface area contributed by atoms with Crippen molar-refractivity contribution in [2.75, 3.05) is 13.1 Å². The van der Waals surface area contributed by atoms with Crippen molar-refractivity contribution in [2.24, 2.45) is 0 Å². The van der Waals surface area contributed by atoms with Crippen LogP contribution in [0.15, 0.2) is 11.9 Å². The Labute approximate surface area is 55.9 Å². The molecule has 50 valence electrons. The Morgan fingerprint density at radius 3 is 2.44 bits per heavy atom. The lowest BCUT2D eigenvalue weighted by Crippen LogP contribution is -2.15. The van der Waals surface area contributed by atoms with Gasteiger partial charge in [-0.1, -0.05) is 5.98 Å². The van der Waals surface area contributed by atoms with Crippen LogP contribution in [0.1, 0.15) is 12.8 Å². The molecule has 9 heavy (non-hydrogen) atoms. The highest BCUT2D eigenvalue weighted by Crippen LogP contribution is 2.13. The van der Waals surface area contributed by atoms with Gasteiger partial charge in [0.15, 0.2) is 5.95 Å². The molecule has 0 saturated carbocycles. The molecule has 0 atom stereocenters. The first-order valence-electron chi connectivity index (χ1n) is 3.41. The predicted octanol–water partition coefficient (Wildman–Crippen LogP) is 0.484. The van der Waals surface area contributed by atoms with Crippen LogP contribution in [0, 0.1) is 0 Å². The molecule has 1 saturated heterocycles. The van der Waals surface area contributed by atoms with Gasteiger partial charge in [0.25, 0.3) is 0 Å². The summed E-state index contributed by atoms with van der Waals surface area (Å²) in [5.41, 5.74) is 0. The molecule has 0 unspecified atom stereocenters. The summed E-state index contributed by atoms with van der Waals surface area (Å²) < 4.78 is 12.6. The Balaban J connectivity index is 2.42. The maximum Gasteiger partial charge on any atom is 0.176 e. The highest BCUT2D eigenvalue weighted by molar-refractivity contribution is 6.17. The summed E-state index contributed by atoms with van der Waals surface area (Å²) >= 11 is 0. The van der Waals surface area contributed by atoms with E-state index in [4.69, 9.17) is 0 Å². The summed E-state index contributed by atoms with van der Waals surface area (Å²) in [6, 6.07) is 0. The fourth-order valence-corrected chi connectivity index (χ4v) is 1.11. The molecule has 1 fully saturated rings. The summed E-state index contributed by atoms with van der Waals surface area (Å²) in [6.07, 6.45) is 2.28. The standard InChI is InChI=1S/C6H11BFN/c7-5-6(8)9-3-1-2-4-9/h5H,1-4,7H2/b6-5+. The van der Waals surface area contributed by atoms with E-state index in [-0.39, 0.29) is 5.95 Å². The van der Waals surface area contributed by atoms with Gasteiger partial charge in [-0.2, -0.15) is 4.39 Å². The number of hydrogen-bond donors (Lipinski definition) is 0. The first kappa shape index (κ1) is 6.65. The van der Waals surface area contributed by atoms with Gasteiger partial charge in [-0.05, 0) is 12.8 Å². The average Bonchev–Trinajstić information content (AvgIpc) is 2.37. The van der Waals surface area contributed by atoms with Gasteiger partial charge < -0.3 is 4.90 Å². The fourth-order valence-electron chi connectivity index (χ4n) is 1.11. The number of hydrogen-bond acceptors (Lipinski definition) is 1. The van der Waals surface area contributed by atoms with E-state index in [0.29, 0.717) is 0 Å². The second-order valence-corrected chi connectivity index (χ2v) is 2.31. The molecule has 0 N–H and O–H groups in total. The van der Waals surface area contributed by atoms with Crippen molar-refractivity contribution in [3.63, 3.8) is 0 Å². The number of halogens is 1. The molecular formula is C6H11BFN. The van der Waals surface area contributed by atoms with Gasteiger partial charge in [0.2, 0.25) is 0 Å². The molecule has 1 nitrogen and oxygen atoms in total. The minimum Gasteiger partial charge on any atom is -0.350 e. The Bertz CT molecular complexity index is 118. The molecule has 0 aromatic heterocycles. The number of nitrogens with zero attached hydrogens (tertiary/aromatic N) is 1. The van der Waals surface area contributed by atoms with Crippen molar-refractivity contribution in [2.45, 2.75) is 12.8 Å². The summed E-state index contributed by atoms with van der Waals surface area (Å²) in [5.74, 6) is 1.46. The lowest BCUT2D eigenvalue weighted by Gasteiger charge is -2.12. The van der Waals surface area contributed by atoms with Crippen LogP contribution in [-0.2, 0) is 0 Å². The van der Waals surface area contributed by atoms with Gasteiger partial charge in [-0.15, -0.1) is 0 Å². The maximum atomic E-state index is 12.6. The number of rotatable bonds is 1. The van der Waals surface area contributed by atoms with E-state index >= 15 is 0 Å². The molecule has 1 aliphatic heterocycles. The third-order valence-electron chi connectivity index (χ3n) is 1.65. The van der Waals surface area contributed by atoms with Gasteiger partial charge in [0.1, 0.15) is 7.85 Å². The van der Waals surface area contributed by atoms with Crippen LogP contribution in [0.2, 0.25) is 0 Å². The maximum absolute atomic E-state index is 12.6. The zero-order valence-corrected chi connectivity index (χ0v) is 5.73. The molecule has 1 aliphatic rings. The van der Waals surface area contributed by atoms with Gasteiger partial charge >= 0.3 is 0 Å². The van der Waals surface area contributed by atoms with Crippen molar-refractivity contribution in [3.8, 4) is 0 Å². The topological polar surface area (TPSA) is 3.24 Å². The van der Waals surface area contributed by atoms with Crippen LogP contribution in [0.5, 0.6) is 0 Å². The smallest absolute Gasteiger partial charge is 0.176 e. The minimum absolute atomic E-state index is 0.0625. The van der Waals surface area contributed by atoms with Gasteiger partial charge in [0, 0.05) is 13.1 Å². The van der Waals surface area contributed by atoms with E-state index in [1.807, 2.05) is 0 Å². The normalized spacial score (nSPS) is 21.0. The van der Waals surface area contributed by atoms with Crippen LogP contribution >= 0.6 is 0 Å². The Hall–Kier alpha value is -0.465. The fraction of sp³-hybridized carbons (Fsp3) is 0.667. The lowest BCUT2D eigenvalue weighted by atomic mass is 10.1. The van der Waals surface area contributed by atoms with Crippen LogP contribution in [0.25, 0.3) is 0 Å². The predicted molar refractivity (Wildman–Crippen MR) is 38.5 cm³/mol.